The minimum Gasteiger partial charge on any atom is -0.479 e. The minimum atomic E-state index is -1.94. The highest BCUT2D eigenvalue weighted by atomic mass is 16.7. The second kappa shape index (κ2) is 6.70. The maximum Gasteiger partial charge on any atom is 0.335 e. The SMILES string of the molecule is O=C(O)C1O[C@@H](O)C(O)[C@H](O[C@@H]2O[C@@H](CO)C(O)[C@@H]2O)[C@@H]1O. The Balaban J connectivity index is 2.11. The van der Waals surface area contributed by atoms with Crippen LogP contribution in [0.15, 0.2) is 0 Å². The van der Waals surface area contributed by atoms with Crippen molar-refractivity contribution in [1.29, 1.82) is 0 Å². The first kappa shape index (κ1) is 17.5. The lowest BCUT2D eigenvalue weighted by Gasteiger charge is -2.39. The van der Waals surface area contributed by atoms with Gasteiger partial charge in [-0.3, -0.25) is 0 Å². The first-order chi connectivity index (χ1) is 10.3. The van der Waals surface area contributed by atoms with Crippen molar-refractivity contribution in [3.63, 3.8) is 0 Å². The van der Waals surface area contributed by atoms with E-state index in [1.54, 1.807) is 0 Å². The van der Waals surface area contributed by atoms with Crippen LogP contribution in [0.3, 0.4) is 0 Å². The van der Waals surface area contributed by atoms with Crippen LogP contribution in [0.5, 0.6) is 0 Å². The van der Waals surface area contributed by atoms with Gasteiger partial charge in [0.2, 0.25) is 0 Å². The van der Waals surface area contributed by atoms with Gasteiger partial charge in [-0.2, -0.15) is 0 Å². The van der Waals surface area contributed by atoms with Crippen LogP contribution in [-0.4, -0.2) is 104 Å². The topological polar surface area (TPSA) is 186 Å². The molecule has 7 N–H and O–H groups in total. The quantitative estimate of drug-likeness (QED) is 0.263. The van der Waals surface area contributed by atoms with E-state index in [-0.39, 0.29) is 0 Å². The van der Waals surface area contributed by atoms with Crippen LogP contribution in [0.1, 0.15) is 0 Å². The monoisotopic (exact) mass is 326 g/mol. The molecule has 0 radical (unpaired) electrons. The number of aliphatic carboxylic acids is 1. The number of hydrogen-bond donors (Lipinski definition) is 7. The number of ether oxygens (including phenoxy) is 3. The Morgan fingerprint density at radius 3 is 2.09 bits per heavy atom. The van der Waals surface area contributed by atoms with Gasteiger partial charge in [-0.25, -0.2) is 4.79 Å². The molecule has 2 rings (SSSR count). The van der Waals surface area contributed by atoms with Gasteiger partial charge >= 0.3 is 5.97 Å². The van der Waals surface area contributed by atoms with E-state index >= 15 is 0 Å². The highest BCUT2D eigenvalue weighted by molar-refractivity contribution is 5.73. The van der Waals surface area contributed by atoms with Crippen molar-refractivity contribution in [2.75, 3.05) is 6.61 Å². The van der Waals surface area contributed by atoms with E-state index in [1.165, 1.54) is 0 Å². The highest BCUT2D eigenvalue weighted by Gasteiger charge is 2.51. The molecule has 0 amide bonds. The van der Waals surface area contributed by atoms with Crippen molar-refractivity contribution in [3.8, 4) is 0 Å². The van der Waals surface area contributed by atoms with Crippen LogP contribution in [0.25, 0.3) is 0 Å². The molecule has 0 aromatic carbocycles. The first-order valence-electron chi connectivity index (χ1n) is 6.48. The number of carbonyl (C=O) groups is 1. The van der Waals surface area contributed by atoms with Gasteiger partial charge in [0.15, 0.2) is 18.7 Å². The zero-order valence-electron chi connectivity index (χ0n) is 11.2. The molecule has 0 aromatic heterocycles. The van der Waals surface area contributed by atoms with Crippen molar-refractivity contribution < 1.29 is 54.8 Å². The molecule has 22 heavy (non-hydrogen) atoms. The van der Waals surface area contributed by atoms with E-state index in [1.807, 2.05) is 0 Å². The Morgan fingerprint density at radius 2 is 1.59 bits per heavy atom. The Bertz CT molecular complexity index is 403. The predicted octanol–water partition coefficient (Wildman–Crippen LogP) is -4.67. The first-order valence-corrected chi connectivity index (χ1v) is 6.48. The van der Waals surface area contributed by atoms with Gasteiger partial charge in [0.25, 0.3) is 0 Å². The second-order valence-corrected chi connectivity index (χ2v) is 5.07. The third-order valence-corrected chi connectivity index (χ3v) is 3.59. The fourth-order valence-electron chi connectivity index (χ4n) is 2.35. The molecule has 0 spiro atoms. The van der Waals surface area contributed by atoms with E-state index in [0.29, 0.717) is 0 Å². The van der Waals surface area contributed by atoms with Crippen LogP contribution in [-0.2, 0) is 19.0 Å². The summed E-state index contributed by atoms with van der Waals surface area (Å²) in [4.78, 5) is 10.9. The molecule has 11 nitrogen and oxygen atoms in total. The lowest BCUT2D eigenvalue weighted by Crippen LogP contribution is -2.61. The number of carboxylic acids is 1. The predicted molar refractivity (Wildman–Crippen MR) is 63.2 cm³/mol. The van der Waals surface area contributed by atoms with Gasteiger partial charge in [0.1, 0.15) is 36.6 Å². The van der Waals surface area contributed by atoms with Gasteiger partial charge in [0, 0.05) is 0 Å². The third kappa shape index (κ3) is 3.08. The molecular weight excluding hydrogens is 308 g/mol. The van der Waals surface area contributed by atoms with Gasteiger partial charge in [-0.15, -0.1) is 0 Å². The van der Waals surface area contributed by atoms with Crippen molar-refractivity contribution in [2.24, 2.45) is 0 Å². The van der Waals surface area contributed by atoms with E-state index < -0.39 is 67.9 Å². The zero-order chi connectivity index (χ0) is 16.6. The van der Waals surface area contributed by atoms with E-state index in [4.69, 9.17) is 19.7 Å². The van der Waals surface area contributed by atoms with Crippen LogP contribution in [0.4, 0.5) is 0 Å². The molecule has 2 aliphatic rings. The minimum absolute atomic E-state index is 0.614. The number of aliphatic hydroxyl groups excluding tert-OH is 6. The summed E-state index contributed by atoms with van der Waals surface area (Å²) in [5.74, 6) is -1.59. The molecule has 2 heterocycles. The fraction of sp³-hybridized carbons (Fsp3) is 0.909. The summed E-state index contributed by atoms with van der Waals surface area (Å²) in [6, 6.07) is 0. The van der Waals surface area contributed by atoms with Crippen LogP contribution < -0.4 is 0 Å². The van der Waals surface area contributed by atoms with Crippen LogP contribution in [0, 0.1) is 0 Å². The summed E-state index contributed by atoms with van der Waals surface area (Å²) < 4.78 is 14.6. The van der Waals surface area contributed by atoms with Crippen LogP contribution >= 0.6 is 0 Å². The summed E-state index contributed by atoms with van der Waals surface area (Å²) in [6.45, 7) is -0.614. The fourth-order valence-corrected chi connectivity index (χ4v) is 2.35. The summed E-state index contributed by atoms with van der Waals surface area (Å²) >= 11 is 0. The Hall–Kier alpha value is -0.890. The molecule has 0 saturated carbocycles. The number of carboxylic acid groups (broad SMARTS) is 1. The number of aliphatic hydroxyl groups is 6. The average Bonchev–Trinajstić information content (AvgIpc) is 2.74. The highest BCUT2D eigenvalue weighted by Crippen LogP contribution is 2.28. The molecular formula is C11H18O11. The Morgan fingerprint density at radius 1 is 0.955 bits per heavy atom. The van der Waals surface area contributed by atoms with Gasteiger partial charge in [-0.1, -0.05) is 0 Å². The lowest BCUT2D eigenvalue weighted by molar-refractivity contribution is -0.315. The van der Waals surface area contributed by atoms with Gasteiger partial charge in [0.05, 0.1) is 6.61 Å². The molecule has 2 aliphatic heterocycles. The smallest absolute Gasteiger partial charge is 0.335 e. The van der Waals surface area contributed by atoms with Crippen molar-refractivity contribution in [2.45, 2.75) is 55.3 Å². The summed E-state index contributed by atoms with van der Waals surface area (Å²) in [5, 5.41) is 66.2. The molecule has 128 valence electrons. The summed E-state index contributed by atoms with van der Waals surface area (Å²) in [5.41, 5.74) is 0. The van der Waals surface area contributed by atoms with E-state index in [2.05, 4.69) is 4.74 Å². The van der Waals surface area contributed by atoms with E-state index in [0.717, 1.165) is 0 Å². The number of hydrogen-bond acceptors (Lipinski definition) is 10. The summed E-state index contributed by atoms with van der Waals surface area (Å²) in [6.07, 6.45) is -14.9. The maximum atomic E-state index is 10.9. The molecule has 0 aliphatic carbocycles. The second-order valence-electron chi connectivity index (χ2n) is 5.07. The molecule has 0 bridgehead atoms. The van der Waals surface area contributed by atoms with Crippen molar-refractivity contribution in [1.82, 2.24) is 0 Å². The lowest BCUT2D eigenvalue weighted by atomic mass is 9.98. The zero-order valence-corrected chi connectivity index (χ0v) is 11.2. The normalized spacial score (nSPS) is 49.3. The molecule has 2 fully saturated rings. The summed E-state index contributed by atoms with van der Waals surface area (Å²) in [7, 11) is 0. The number of rotatable bonds is 4. The van der Waals surface area contributed by atoms with Crippen molar-refractivity contribution in [3.05, 3.63) is 0 Å². The average molecular weight is 326 g/mol. The molecule has 2 saturated heterocycles. The van der Waals surface area contributed by atoms with Gasteiger partial charge in [-0.05, 0) is 0 Å². The van der Waals surface area contributed by atoms with Gasteiger partial charge < -0.3 is 50.0 Å². The van der Waals surface area contributed by atoms with E-state index in [9.17, 15) is 30.3 Å². The Labute approximate surface area is 123 Å². The maximum absolute atomic E-state index is 10.9. The molecule has 0 aromatic rings. The standard InChI is InChI=1S/C11H18O11/c12-1-2-3(13)4(14)11(20-2)22-7-5(15)8(9(17)18)21-10(19)6(7)16/h2-8,10-16,19H,1H2,(H,17,18)/t2-,3?,4-,5-,6?,7+,8?,10+,11-/m0/s1. The molecule has 3 unspecified atom stereocenters. The third-order valence-electron chi connectivity index (χ3n) is 3.59. The molecule has 11 heteroatoms. The molecule has 9 atom stereocenters. The largest absolute Gasteiger partial charge is 0.479 e. The van der Waals surface area contributed by atoms with Crippen molar-refractivity contribution >= 4 is 5.97 Å². The Kier molecular flexibility index (Phi) is 5.32. The van der Waals surface area contributed by atoms with Crippen LogP contribution in [0.2, 0.25) is 0 Å².